The fraction of sp³-hybridized carbons (Fsp3) is 0.800. The smallest absolute Gasteiger partial charge is 0.321 e. The van der Waals surface area contributed by atoms with Crippen LogP contribution in [-0.4, -0.2) is 46.2 Å². The fourth-order valence-electron chi connectivity index (χ4n) is 2.97. The first-order valence-corrected chi connectivity index (χ1v) is 5.28. The van der Waals surface area contributed by atoms with Gasteiger partial charge in [0.25, 0.3) is 0 Å². The van der Waals surface area contributed by atoms with Crippen LogP contribution in [0.5, 0.6) is 0 Å². The molecule has 0 aromatic heterocycles. The summed E-state index contributed by atoms with van der Waals surface area (Å²) in [6.07, 6.45) is 1.88. The van der Waals surface area contributed by atoms with Crippen LogP contribution in [0.15, 0.2) is 0 Å². The van der Waals surface area contributed by atoms with Crippen molar-refractivity contribution in [3.05, 3.63) is 0 Å². The van der Waals surface area contributed by atoms with Crippen LogP contribution >= 0.6 is 0 Å². The van der Waals surface area contributed by atoms with Gasteiger partial charge in [-0.05, 0) is 37.8 Å². The average molecular weight is 213 g/mol. The van der Waals surface area contributed by atoms with E-state index >= 15 is 0 Å². The number of aliphatic carboxylic acids is 2. The molecule has 0 aromatic rings. The van der Waals surface area contributed by atoms with Gasteiger partial charge in [0.2, 0.25) is 0 Å². The van der Waals surface area contributed by atoms with Gasteiger partial charge in [-0.1, -0.05) is 0 Å². The molecule has 2 atom stereocenters. The van der Waals surface area contributed by atoms with E-state index in [1.807, 2.05) is 4.90 Å². The number of carboxylic acid groups (broad SMARTS) is 2. The van der Waals surface area contributed by atoms with Crippen LogP contribution in [0.2, 0.25) is 0 Å². The van der Waals surface area contributed by atoms with Crippen molar-refractivity contribution < 1.29 is 19.8 Å². The number of nitrogens with zero attached hydrogens (tertiary/aromatic N) is 1. The summed E-state index contributed by atoms with van der Waals surface area (Å²) in [5, 5.41) is 17.9. The predicted octanol–water partition coefficient (Wildman–Crippen LogP) is 0.256. The molecule has 5 nitrogen and oxygen atoms in total. The summed E-state index contributed by atoms with van der Waals surface area (Å²) in [5.74, 6) is -1.68. The van der Waals surface area contributed by atoms with Gasteiger partial charge in [-0.25, -0.2) is 0 Å². The molecule has 0 aromatic carbocycles. The summed E-state index contributed by atoms with van der Waals surface area (Å²) in [6.45, 7) is 1.61. The molecule has 3 saturated heterocycles. The van der Waals surface area contributed by atoms with E-state index in [1.165, 1.54) is 0 Å². The summed E-state index contributed by atoms with van der Waals surface area (Å²) in [4.78, 5) is 23.7. The molecule has 2 bridgehead atoms. The Hall–Kier alpha value is -1.10. The zero-order chi connectivity index (χ0) is 11.0. The van der Waals surface area contributed by atoms with Crippen molar-refractivity contribution in [1.29, 1.82) is 0 Å². The number of piperidine rings is 3. The van der Waals surface area contributed by atoms with Crippen molar-refractivity contribution in [2.45, 2.75) is 25.3 Å². The molecule has 3 fully saturated rings. The van der Waals surface area contributed by atoms with Crippen LogP contribution in [0.1, 0.15) is 19.3 Å². The van der Waals surface area contributed by atoms with Gasteiger partial charge in [0.1, 0.15) is 6.04 Å². The van der Waals surface area contributed by atoms with Gasteiger partial charge in [-0.15, -0.1) is 0 Å². The summed E-state index contributed by atoms with van der Waals surface area (Å²) >= 11 is 0. The molecule has 0 unspecified atom stereocenters. The average Bonchev–Trinajstić information content (AvgIpc) is 2.17. The lowest BCUT2D eigenvalue weighted by Crippen LogP contribution is -2.58. The minimum Gasteiger partial charge on any atom is -0.481 e. The number of fused-ring (bicyclic) bond motifs is 3. The topological polar surface area (TPSA) is 77.8 Å². The Morgan fingerprint density at radius 1 is 1.20 bits per heavy atom. The van der Waals surface area contributed by atoms with Gasteiger partial charge in [-0.3, -0.25) is 14.5 Å². The maximum absolute atomic E-state index is 11.1. The van der Waals surface area contributed by atoms with Crippen molar-refractivity contribution in [3.8, 4) is 0 Å². The normalized spacial score (nSPS) is 38.9. The predicted molar refractivity (Wildman–Crippen MR) is 51.5 cm³/mol. The number of rotatable bonds is 3. The molecule has 0 saturated carbocycles. The second kappa shape index (κ2) is 3.81. The van der Waals surface area contributed by atoms with Crippen LogP contribution in [0.3, 0.4) is 0 Å². The van der Waals surface area contributed by atoms with E-state index in [-0.39, 0.29) is 18.3 Å². The molecule has 0 radical (unpaired) electrons. The van der Waals surface area contributed by atoms with Crippen LogP contribution in [0.25, 0.3) is 0 Å². The van der Waals surface area contributed by atoms with E-state index in [9.17, 15) is 9.59 Å². The molecule has 3 rings (SSSR count). The quantitative estimate of drug-likeness (QED) is 0.703. The molecule has 0 aliphatic carbocycles. The molecule has 0 amide bonds. The largest absolute Gasteiger partial charge is 0.481 e. The molecular weight excluding hydrogens is 198 g/mol. The summed E-state index contributed by atoms with van der Waals surface area (Å²) in [6, 6.07) is -0.575. The maximum Gasteiger partial charge on any atom is 0.321 e. The monoisotopic (exact) mass is 213 g/mol. The molecule has 3 aliphatic heterocycles. The van der Waals surface area contributed by atoms with Crippen LogP contribution < -0.4 is 0 Å². The van der Waals surface area contributed by atoms with E-state index in [2.05, 4.69) is 0 Å². The van der Waals surface area contributed by atoms with Gasteiger partial charge in [-0.2, -0.15) is 0 Å². The van der Waals surface area contributed by atoms with Crippen LogP contribution in [0, 0.1) is 11.8 Å². The van der Waals surface area contributed by atoms with Crippen molar-refractivity contribution in [1.82, 2.24) is 4.90 Å². The number of carboxylic acids is 2. The van der Waals surface area contributed by atoms with Crippen molar-refractivity contribution in [2.75, 3.05) is 13.1 Å². The molecule has 3 heterocycles. The van der Waals surface area contributed by atoms with Crippen molar-refractivity contribution >= 4 is 11.9 Å². The van der Waals surface area contributed by atoms with E-state index in [0.29, 0.717) is 0 Å². The summed E-state index contributed by atoms with van der Waals surface area (Å²) < 4.78 is 0. The SMILES string of the molecule is O=C(O)C[C@H]1C2CCN(CC2)[C@H]1C(=O)O. The molecular formula is C10H15NO4. The van der Waals surface area contributed by atoms with Crippen molar-refractivity contribution in [2.24, 2.45) is 11.8 Å². The van der Waals surface area contributed by atoms with E-state index < -0.39 is 18.0 Å². The number of hydrogen-bond donors (Lipinski definition) is 2. The Morgan fingerprint density at radius 3 is 2.27 bits per heavy atom. The highest BCUT2D eigenvalue weighted by atomic mass is 16.4. The molecule has 3 aliphatic rings. The highest BCUT2D eigenvalue weighted by Gasteiger charge is 2.46. The Morgan fingerprint density at radius 2 is 1.80 bits per heavy atom. The van der Waals surface area contributed by atoms with E-state index in [4.69, 9.17) is 10.2 Å². The Kier molecular flexibility index (Phi) is 2.65. The first kappa shape index (κ1) is 10.4. The third kappa shape index (κ3) is 1.84. The lowest BCUT2D eigenvalue weighted by Gasteiger charge is -2.48. The lowest BCUT2D eigenvalue weighted by atomic mass is 9.72. The first-order valence-electron chi connectivity index (χ1n) is 5.28. The molecule has 0 spiro atoms. The highest BCUT2D eigenvalue weighted by molar-refractivity contribution is 5.76. The first-order chi connectivity index (χ1) is 7.09. The third-order valence-corrected chi connectivity index (χ3v) is 3.64. The van der Waals surface area contributed by atoms with E-state index in [1.54, 1.807) is 0 Å². The number of hydrogen-bond acceptors (Lipinski definition) is 3. The fourth-order valence-corrected chi connectivity index (χ4v) is 2.97. The second-order valence-corrected chi connectivity index (χ2v) is 4.42. The minimum atomic E-state index is -0.889. The summed E-state index contributed by atoms with van der Waals surface area (Å²) in [5.41, 5.74) is 0. The zero-order valence-corrected chi connectivity index (χ0v) is 8.43. The van der Waals surface area contributed by atoms with Gasteiger partial charge >= 0.3 is 11.9 Å². The van der Waals surface area contributed by atoms with Gasteiger partial charge in [0, 0.05) is 0 Å². The van der Waals surface area contributed by atoms with E-state index in [0.717, 1.165) is 25.9 Å². The highest BCUT2D eigenvalue weighted by Crippen LogP contribution is 2.38. The zero-order valence-electron chi connectivity index (χ0n) is 8.43. The molecule has 84 valence electrons. The minimum absolute atomic E-state index is 0.0157. The Bertz CT molecular complexity index is 283. The molecule has 15 heavy (non-hydrogen) atoms. The molecule has 5 heteroatoms. The van der Waals surface area contributed by atoms with Gasteiger partial charge < -0.3 is 10.2 Å². The Labute approximate surface area is 87.7 Å². The van der Waals surface area contributed by atoms with Gasteiger partial charge in [0.15, 0.2) is 0 Å². The molecule has 2 N–H and O–H groups in total. The Balaban J connectivity index is 2.17. The van der Waals surface area contributed by atoms with Gasteiger partial charge in [0.05, 0.1) is 6.42 Å². The van der Waals surface area contributed by atoms with Crippen molar-refractivity contribution in [3.63, 3.8) is 0 Å². The summed E-state index contributed by atoms with van der Waals surface area (Å²) in [7, 11) is 0. The van der Waals surface area contributed by atoms with Crippen LogP contribution in [0.4, 0.5) is 0 Å². The lowest BCUT2D eigenvalue weighted by molar-refractivity contribution is -0.155. The third-order valence-electron chi connectivity index (χ3n) is 3.64. The van der Waals surface area contributed by atoms with Crippen LogP contribution in [-0.2, 0) is 9.59 Å². The maximum atomic E-state index is 11.1. The second-order valence-electron chi connectivity index (χ2n) is 4.42. The number of carbonyl (C=O) groups is 2. The standard InChI is InChI=1S/C10H15NO4/c12-8(13)5-7-6-1-3-11(4-2-6)9(7)10(14)15/h6-7,9H,1-5H2,(H,12,13)(H,14,15)/t7-,9+/m0/s1.